The second-order valence-electron chi connectivity index (χ2n) is 10.4. The molecule has 1 aliphatic heterocycles. The third-order valence-corrected chi connectivity index (χ3v) is 8.35. The molecule has 0 bridgehead atoms. The molecule has 2 fully saturated rings. The second kappa shape index (κ2) is 12.6. The number of fused-ring (bicyclic) bond motifs is 1. The van der Waals surface area contributed by atoms with Gasteiger partial charge in [0.1, 0.15) is 17.0 Å². The average molecular weight is 615 g/mol. The Morgan fingerprint density at radius 2 is 1.83 bits per heavy atom. The number of halogens is 2. The summed E-state index contributed by atoms with van der Waals surface area (Å²) in [4.78, 5) is 40.5. The van der Waals surface area contributed by atoms with E-state index in [-0.39, 0.29) is 30.2 Å². The maximum Gasteiger partial charge on any atom is 0.317 e. The van der Waals surface area contributed by atoms with Gasteiger partial charge in [-0.2, -0.15) is 0 Å². The third kappa shape index (κ3) is 6.17. The van der Waals surface area contributed by atoms with Gasteiger partial charge in [-0.3, -0.25) is 4.79 Å². The van der Waals surface area contributed by atoms with Gasteiger partial charge in [-0.15, -0.1) is 0 Å². The molecule has 11 nitrogen and oxygen atoms in total. The number of allylic oxidation sites excluding steroid dienone is 1. The SMILES string of the molecule is C=CC(=O)C[C@H]1CN(C(=O)NC)C[C@H]1Nc1ncc2cc(-c3c(Cl)c(OC)cc(OC)c3Cl)nc(NCC3CC3)c2n1. The lowest BCUT2D eigenvalue weighted by Crippen LogP contribution is -2.37. The summed E-state index contributed by atoms with van der Waals surface area (Å²) in [6, 6.07) is 3.01. The number of nitrogens with zero attached hydrogens (tertiary/aromatic N) is 4. The van der Waals surface area contributed by atoms with Crippen LogP contribution in [0.4, 0.5) is 16.6 Å². The highest BCUT2D eigenvalue weighted by molar-refractivity contribution is 6.41. The molecule has 222 valence electrons. The molecule has 42 heavy (non-hydrogen) atoms. The number of anilines is 2. The van der Waals surface area contributed by atoms with Crippen molar-refractivity contribution in [3.8, 4) is 22.8 Å². The Morgan fingerprint density at radius 3 is 2.45 bits per heavy atom. The first-order valence-electron chi connectivity index (χ1n) is 13.7. The predicted octanol–water partition coefficient (Wildman–Crippen LogP) is 5.03. The van der Waals surface area contributed by atoms with E-state index >= 15 is 0 Å². The van der Waals surface area contributed by atoms with Crippen LogP contribution < -0.4 is 25.4 Å². The zero-order valence-corrected chi connectivity index (χ0v) is 25.2. The van der Waals surface area contributed by atoms with E-state index in [9.17, 15) is 9.59 Å². The van der Waals surface area contributed by atoms with Gasteiger partial charge in [0.05, 0.1) is 36.0 Å². The van der Waals surface area contributed by atoms with Crippen molar-refractivity contribution in [2.45, 2.75) is 25.3 Å². The van der Waals surface area contributed by atoms with Crippen LogP contribution in [0.25, 0.3) is 22.2 Å². The summed E-state index contributed by atoms with van der Waals surface area (Å²) >= 11 is 13.4. The number of carbonyl (C=O) groups is 2. The standard InChI is InChI=1S/C29H33Cl2N7O4/c1-5-18(39)8-17-13-38(29(40)32-2)14-20(17)36-28-34-12-16-9-19(35-27(26(16)37-28)33-11-15-6-7-15)23-24(30)21(41-3)10-22(42-4)25(23)31/h5,9-10,12,15,17,20H,1,6-8,11,13-14H2,2-4H3,(H,32,40)(H,33,35)(H,34,36,37)/t17-,20+/m0/s1. The fourth-order valence-corrected chi connectivity index (χ4v) is 5.80. The normalized spacial score (nSPS) is 18.1. The number of carbonyl (C=O) groups excluding carboxylic acids is 2. The first kappa shape index (κ1) is 29.7. The van der Waals surface area contributed by atoms with Crippen LogP contribution in [0.2, 0.25) is 10.0 Å². The van der Waals surface area contributed by atoms with Crippen LogP contribution >= 0.6 is 23.2 Å². The van der Waals surface area contributed by atoms with E-state index in [1.54, 1.807) is 24.2 Å². The Hall–Kier alpha value is -3.83. The maximum absolute atomic E-state index is 12.3. The molecule has 1 aliphatic carbocycles. The van der Waals surface area contributed by atoms with Crippen LogP contribution in [0, 0.1) is 11.8 Å². The largest absolute Gasteiger partial charge is 0.495 e. The van der Waals surface area contributed by atoms with E-state index in [4.69, 9.17) is 42.6 Å². The molecular weight excluding hydrogens is 581 g/mol. The number of rotatable bonds is 11. The van der Waals surface area contributed by atoms with Crippen molar-refractivity contribution in [2.75, 3.05) is 51.5 Å². The molecule has 1 saturated heterocycles. The monoisotopic (exact) mass is 613 g/mol. The maximum atomic E-state index is 12.3. The molecule has 2 aromatic heterocycles. The van der Waals surface area contributed by atoms with Crippen LogP contribution in [-0.2, 0) is 4.79 Å². The van der Waals surface area contributed by atoms with Gasteiger partial charge in [0.25, 0.3) is 0 Å². The van der Waals surface area contributed by atoms with Gasteiger partial charge in [-0.05, 0) is 30.9 Å². The fraction of sp³-hybridized carbons (Fsp3) is 0.414. The van der Waals surface area contributed by atoms with Crippen molar-refractivity contribution in [2.24, 2.45) is 11.8 Å². The Morgan fingerprint density at radius 1 is 1.12 bits per heavy atom. The van der Waals surface area contributed by atoms with Crippen molar-refractivity contribution >= 4 is 57.7 Å². The van der Waals surface area contributed by atoms with Crippen molar-refractivity contribution in [1.82, 2.24) is 25.2 Å². The number of aromatic nitrogens is 3. The molecule has 1 saturated carbocycles. The van der Waals surface area contributed by atoms with Crippen LogP contribution in [0.1, 0.15) is 19.3 Å². The van der Waals surface area contributed by atoms with Crippen molar-refractivity contribution < 1.29 is 19.1 Å². The predicted molar refractivity (Wildman–Crippen MR) is 164 cm³/mol. The van der Waals surface area contributed by atoms with Crippen LogP contribution in [0.3, 0.4) is 0 Å². The zero-order chi connectivity index (χ0) is 30.0. The summed E-state index contributed by atoms with van der Waals surface area (Å²) in [5.41, 5.74) is 1.60. The molecule has 2 atom stereocenters. The molecule has 2 aliphatic rings. The third-order valence-electron chi connectivity index (χ3n) is 7.60. The summed E-state index contributed by atoms with van der Waals surface area (Å²) in [5, 5.41) is 10.8. The van der Waals surface area contributed by atoms with Crippen molar-refractivity contribution in [3.05, 3.63) is 41.0 Å². The highest BCUT2D eigenvalue weighted by atomic mass is 35.5. The molecule has 2 amide bonds. The molecule has 3 N–H and O–H groups in total. The number of urea groups is 1. The molecule has 0 unspecified atom stereocenters. The number of benzene rings is 1. The fourth-order valence-electron chi connectivity index (χ4n) is 5.11. The number of methoxy groups -OCH3 is 2. The number of hydrogen-bond donors (Lipinski definition) is 3. The molecular formula is C29H33Cl2N7O4. The van der Waals surface area contributed by atoms with Gasteiger partial charge < -0.3 is 30.3 Å². The minimum atomic E-state index is -0.236. The highest BCUT2D eigenvalue weighted by Crippen LogP contribution is 2.46. The van der Waals surface area contributed by atoms with E-state index in [1.165, 1.54) is 20.3 Å². The smallest absolute Gasteiger partial charge is 0.317 e. The van der Waals surface area contributed by atoms with Crippen LogP contribution in [-0.4, -0.2) is 78.6 Å². The van der Waals surface area contributed by atoms with Gasteiger partial charge in [0.2, 0.25) is 5.95 Å². The lowest BCUT2D eigenvalue weighted by atomic mass is 9.97. The summed E-state index contributed by atoms with van der Waals surface area (Å²) in [6.45, 7) is 5.16. The number of likely N-dealkylation sites (tertiary alicyclic amines) is 1. The Balaban J connectivity index is 1.53. The number of nitrogens with one attached hydrogen (secondary N) is 3. The zero-order valence-electron chi connectivity index (χ0n) is 23.7. The van der Waals surface area contributed by atoms with E-state index in [1.807, 2.05) is 6.07 Å². The van der Waals surface area contributed by atoms with E-state index in [2.05, 4.69) is 27.5 Å². The number of ketones is 1. The second-order valence-corrected chi connectivity index (χ2v) is 11.2. The van der Waals surface area contributed by atoms with Gasteiger partial charge in [-0.25, -0.2) is 19.7 Å². The Kier molecular flexibility index (Phi) is 8.88. The summed E-state index contributed by atoms with van der Waals surface area (Å²) in [5.74, 6) is 2.10. The molecule has 3 aromatic rings. The first-order valence-corrected chi connectivity index (χ1v) is 14.4. The Bertz CT molecular complexity index is 1500. The number of pyridine rings is 1. The van der Waals surface area contributed by atoms with Gasteiger partial charge in [0, 0.05) is 62.2 Å². The lowest BCUT2D eigenvalue weighted by molar-refractivity contribution is -0.115. The van der Waals surface area contributed by atoms with E-state index < -0.39 is 0 Å². The molecule has 13 heteroatoms. The van der Waals surface area contributed by atoms with Crippen molar-refractivity contribution in [3.63, 3.8) is 0 Å². The quantitative estimate of drug-likeness (QED) is 0.255. The van der Waals surface area contributed by atoms with Crippen LogP contribution in [0.15, 0.2) is 31.0 Å². The minimum Gasteiger partial charge on any atom is -0.495 e. The van der Waals surface area contributed by atoms with Crippen molar-refractivity contribution in [1.29, 1.82) is 0 Å². The highest BCUT2D eigenvalue weighted by Gasteiger charge is 2.36. The Labute approximate surface area is 254 Å². The summed E-state index contributed by atoms with van der Waals surface area (Å²) < 4.78 is 10.9. The van der Waals surface area contributed by atoms with Crippen LogP contribution in [0.5, 0.6) is 11.5 Å². The number of ether oxygens (including phenoxy) is 2. The van der Waals surface area contributed by atoms with E-state index in [0.717, 1.165) is 24.8 Å². The molecule has 0 spiro atoms. The van der Waals surface area contributed by atoms with Gasteiger partial charge in [-0.1, -0.05) is 29.8 Å². The molecule has 0 radical (unpaired) electrons. The lowest BCUT2D eigenvalue weighted by Gasteiger charge is -2.19. The van der Waals surface area contributed by atoms with Gasteiger partial charge in [0.15, 0.2) is 11.6 Å². The number of hydrogen-bond acceptors (Lipinski definition) is 9. The van der Waals surface area contributed by atoms with E-state index in [0.29, 0.717) is 69.1 Å². The topological polar surface area (TPSA) is 131 Å². The van der Waals surface area contributed by atoms with Gasteiger partial charge >= 0.3 is 6.03 Å². The summed E-state index contributed by atoms with van der Waals surface area (Å²) in [7, 11) is 4.62. The summed E-state index contributed by atoms with van der Waals surface area (Å²) in [6.07, 6.45) is 5.58. The first-order chi connectivity index (χ1) is 20.3. The molecule has 5 rings (SSSR count). The average Bonchev–Trinajstić information content (AvgIpc) is 3.75. The number of amides is 2. The molecule has 1 aromatic carbocycles. The minimum absolute atomic E-state index is 0.0835. The molecule has 3 heterocycles.